The molecule has 1 saturated heterocycles. The lowest BCUT2D eigenvalue weighted by Crippen LogP contribution is -2.47. The van der Waals surface area contributed by atoms with Crippen molar-refractivity contribution in [3.05, 3.63) is 89.7 Å². The summed E-state index contributed by atoms with van der Waals surface area (Å²) in [7, 11) is 1.39. The number of hydrogen-bond donors (Lipinski definition) is 1. The summed E-state index contributed by atoms with van der Waals surface area (Å²) in [6, 6.07) is 20.6. The number of aromatic nitrogens is 1. The molecule has 1 aromatic heterocycles. The second kappa shape index (κ2) is 19.3. The highest BCUT2D eigenvalue weighted by molar-refractivity contribution is 5.98. The molecule has 4 atom stereocenters. The van der Waals surface area contributed by atoms with Gasteiger partial charge < -0.3 is 38.5 Å². The van der Waals surface area contributed by atoms with Gasteiger partial charge in [-0.2, -0.15) is 0 Å². The molecule has 4 rings (SSSR count). The molecule has 12 heteroatoms. The molecule has 0 spiro atoms. The average Bonchev–Trinajstić information content (AvgIpc) is 3.14. The van der Waals surface area contributed by atoms with Gasteiger partial charge in [-0.25, -0.2) is 9.78 Å². The number of nitrogens with one attached hydrogen (secondary N) is 1. The van der Waals surface area contributed by atoms with Crippen molar-refractivity contribution in [2.45, 2.75) is 63.9 Å². The molecule has 0 unspecified atom stereocenters. The van der Waals surface area contributed by atoms with E-state index in [1.165, 1.54) is 37.4 Å². The average molecular weight is 665 g/mol. The lowest BCUT2D eigenvalue weighted by atomic mass is 10.1. The van der Waals surface area contributed by atoms with Gasteiger partial charge in [0.25, 0.3) is 5.91 Å². The van der Waals surface area contributed by atoms with Crippen LogP contribution in [0.15, 0.2) is 72.9 Å². The fraction of sp³-hybridized carbons (Fsp3) is 0.444. The molecule has 1 N–H and O–H groups in total. The van der Waals surface area contributed by atoms with E-state index in [-0.39, 0.29) is 30.4 Å². The number of amides is 1. The third-order valence-electron chi connectivity index (χ3n) is 7.60. The fourth-order valence-corrected chi connectivity index (χ4v) is 5.17. The van der Waals surface area contributed by atoms with E-state index in [9.17, 15) is 14.4 Å². The monoisotopic (exact) mass is 664 g/mol. The van der Waals surface area contributed by atoms with E-state index in [1.54, 1.807) is 6.92 Å². The van der Waals surface area contributed by atoms with Crippen LogP contribution in [0.1, 0.15) is 48.3 Å². The minimum absolute atomic E-state index is 0.0580. The Labute approximate surface area is 281 Å². The van der Waals surface area contributed by atoms with Crippen LogP contribution >= 0.6 is 0 Å². The number of carbonyl (C=O) groups is 3. The van der Waals surface area contributed by atoms with E-state index in [0.29, 0.717) is 13.2 Å². The van der Waals surface area contributed by atoms with Gasteiger partial charge in [-0.3, -0.25) is 9.59 Å². The molecule has 2 aromatic carbocycles. The maximum atomic E-state index is 13.4. The summed E-state index contributed by atoms with van der Waals surface area (Å²) < 4.78 is 40.1. The molecule has 1 aliphatic rings. The molecule has 0 aliphatic carbocycles. The van der Waals surface area contributed by atoms with Crippen LogP contribution < -0.4 is 14.8 Å². The summed E-state index contributed by atoms with van der Waals surface area (Å²) in [6.07, 6.45) is 2.72. The zero-order chi connectivity index (χ0) is 34.1. The Morgan fingerprint density at radius 2 is 1.56 bits per heavy atom. The maximum absolute atomic E-state index is 13.4. The summed E-state index contributed by atoms with van der Waals surface area (Å²) in [4.78, 5) is 42.1. The van der Waals surface area contributed by atoms with E-state index in [0.717, 1.165) is 25.7 Å². The van der Waals surface area contributed by atoms with E-state index >= 15 is 0 Å². The molecule has 12 nitrogen and oxygen atoms in total. The van der Waals surface area contributed by atoms with E-state index < -0.39 is 49.0 Å². The summed E-state index contributed by atoms with van der Waals surface area (Å²) in [5.74, 6) is -1.89. The highest BCUT2D eigenvalue weighted by Crippen LogP contribution is 2.29. The first kappa shape index (κ1) is 36.3. The molecule has 258 valence electrons. The minimum atomic E-state index is -1.18. The van der Waals surface area contributed by atoms with Crippen LogP contribution in [0.5, 0.6) is 11.5 Å². The van der Waals surface area contributed by atoms with Crippen LogP contribution in [-0.2, 0) is 46.1 Å². The number of carbonyl (C=O) groups excluding carboxylic acids is 3. The molecule has 1 amide bonds. The van der Waals surface area contributed by atoms with Crippen molar-refractivity contribution in [1.29, 1.82) is 0 Å². The first-order valence-electron chi connectivity index (χ1n) is 16.0. The predicted octanol–water partition coefficient (Wildman–Crippen LogP) is 4.09. The summed E-state index contributed by atoms with van der Waals surface area (Å²) >= 11 is 0. The van der Waals surface area contributed by atoms with Gasteiger partial charge in [0, 0.05) is 32.4 Å². The van der Waals surface area contributed by atoms with Gasteiger partial charge in [-0.1, -0.05) is 60.7 Å². The largest absolute Gasteiger partial charge is 0.493 e. The number of pyridine rings is 1. The standard InChI is InChI=1S/C36H44N2O10/c1-25-33(45-21-11-17-28-14-8-5-9-15-28)31(44-20-10-16-27-12-6-4-7-13-27)23-43-22-29(36(41)48-25)38-35(40)32-34(47-24-46-26(2)39)30(42-3)18-19-37-32/h4-9,12-15,18-19,25,29,31,33H,10-11,16-17,20-24H2,1-3H3,(H,38,40)/t25-,29-,31-,33-/m0/s1. The topological polar surface area (TPSA) is 141 Å². The van der Waals surface area contributed by atoms with Crippen molar-refractivity contribution < 1.29 is 47.5 Å². The lowest BCUT2D eigenvalue weighted by molar-refractivity contribution is -0.167. The normalized spacial score (nSPS) is 19.6. The smallest absolute Gasteiger partial charge is 0.331 e. The zero-order valence-electron chi connectivity index (χ0n) is 27.6. The van der Waals surface area contributed by atoms with Gasteiger partial charge in [-0.05, 0) is 43.7 Å². The van der Waals surface area contributed by atoms with Crippen LogP contribution in [0.2, 0.25) is 0 Å². The Hall–Kier alpha value is -4.52. The van der Waals surface area contributed by atoms with Gasteiger partial charge in [0.15, 0.2) is 23.2 Å². The highest BCUT2D eigenvalue weighted by Gasteiger charge is 2.36. The number of aryl methyl sites for hydroxylation is 2. The molecule has 1 fully saturated rings. The predicted molar refractivity (Wildman–Crippen MR) is 175 cm³/mol. The number of methoxy groups -OCH3 is 1. The van der Waals surface area contributed by atoms with Crippen molar-refractivity contribution in [2.75, 3.05) is 40.3 Å². The fourth-order valence-electron chi connectivity index (χ4n) is 5.17. The molecular formula is C36H44N2O10. The van der Waals surface area contributed by atoms with E-state index in [1.807, 2.05) is 36.4 Å². The van der Waals surface area contributed by atoms with Crippen molar-refractivity contribution in [1.82, 2.24) is 10.3 Å². The highest BCUT2D eigenvalue weighted by atomic mass is 16.7. The number of nitrogens with zero attached hydrogens (tertiary/aromatic N) is 1. The van der Waals surface area contributed by atoms with E-state index in [4.69, 9.17) is 33.2 Å². The SMILES string of the molecule is COc1ccnc(C(=O)N[C@H]2COC[C@H](OCCCc3ccccc3)[C@@H](OCCCc3ccccc3)[C@H](C)OC2=O)c1OCOC(C)=O. The van der Waals surface area contributed by atoms with Crippen molar-refractivity contribution in [3.8, 4) is 11.5 Å². The molecular weight excluding hydrogens is 620 g/mol. The van der Waals surface area contributed by atoms with E-state index in [2.05, 4.69) is 34.6 Å². The summed E-state index contributed by atoms with van der Waals surface area (Å²) in [6.45, 7) is 3.29. The number of esters is 2. The van der Waals surface area contributed by atoms with Crippen LogP contribution in [0.4, 0.5) is 0 Å². The third kappa shape index (κ3) is 11.3. The van der Waals surface area contributed by atoms with Gasteiger partial charge in [0.05, 0.1) is 20.3 Å². The summed E-state index contributed by atoms with van der Waals surface area (Å²) in [5, 5.41) is 2.64. The molecule has 0 radical (unpaired) electrons. The maximum Gasteiger partial charge on any atom is 0.331 e. The first-order chi connectivity index (χ1) is 23.4. The Balaban J connectivity index is 1.43. The van der Waals surface area contributed by atoms with Gasteiger partial charge in [0.1, 0.15) is 18.3 Å². The number of hydrogen-bond acceptors (Lipinski definition) is 11. The Morgan fingerprint density at radius 1 is 0.917 bits per heavy atom. The Morgan fingerprint density at radius 3 is 2.19 bits per heavy atom. The van der Waals surface area contributed by atoms with Gasteiger partial charge >= 0.3 is 11.9 Å². The van der Waals surface area contributed by atoms with Gasteiger partial charge in [0.2, 0.25) is 6.79 Å². The number of benzene rings is 2. The van der Waals surface area contributed by atoms with Crippen LogP contribution in [0.3, 0.4) is 0 Å². The Kier molecular flexibility index (Phi) is 14.6. The second-order valence-electron chi connectivity index (χ2n) is 11.2. The van der Waals surface area contributed by atoms with Crippen molar-refractivity contribution >= 4 is 17.8 Å². The molecule has 1 aliphatic heterocycles. The molecule has 48 heavy (non-hydrogen) atoms. The summed E-state index contributed by atoms with van der Waals surface area (Å²) in [5.41, 5.74) is 2.24. The molecule has 2 heterocycles. The quantitative estimate of drug-likeness (QED) is 0.135. The zero-order valence-corrected chi connectivity index (χ0v) is 27.6. The van der Waals surface area contributed by atoms with Crippen molar-refractivity contribution in [2.24, 2.45) is 0 Å². The third-order valence-corrected chi connectivity index (χ3v) is 7.60. The number of cyclic esters (lactones) is 1. The van der Waals surface area contributed by atoms with Crippen LogP contribution in [-0.4, -0.2) is 87.5 Å². The molecule has 0 bridgehead atoms. The lowest BCUT2D eigenvalue weighted by Gasteiger charge is -2.30. The van der Waals surface area contributed by atoms with Gasteiger partial charge in [-0.15, -0.1) is 0 Å². The number of rotatable bonds is 16. The minimum Gasteiger partial charge on any atom is -0.493 e. The first-order valence-corrected chi connectivity index (χ1v) is 16.0. The van der Waals surface area contributed by atoms with Crippen LogP contribution in [0, 0.1) is 0 Å². The number of ether oxygens (including phenoxy) is 7. The molecule has 0 saturated carbocycles. The second-order valence-corrected chi connectivity index (χ2v) is 11.2. The molecule has 3 aromatic rings. The van der Waals surface area contributed by atoms with Crippen LogP contribution in [0.25, 0.3) is 0 Å². The van der Waals surface area contributed by atoms with Crippen molar-refractivity contribution in [3.63, 3.8) is 0 Å². The Bertz CT molecular complexity index is 1440.